The number of carbonyl (C=O) groups excluding carboxylic acids is 1. The van der Waals surface area contributed by atoms with Gasteiger partial charge in [-0.15, -0.1) is 0 Å². The number of aliphatic hydroxyl groups excluding tert-OH is 2. The summed E-state index contributed by atoms with van der Waals surface area (Å²) in [6.07, 6.45) is -11.3. The largest absolute Gasteiger partial charge is 0.438 e. The lowest BCUT2D eigenvalue weighted by Crippen LogP contribution is -2.61. The number of benzene rings is 2. The Bertz CT molecular complexity index is 4360. The smallest absolute Gasteiger partial charge is 0.414 e. The Morgan fingerprint density at radius 2 is 0.959 bits per heavy atom. The Morgan fingerprint density at radius 3 is 1.38 bits per heavy atom. The van der Waals surface area contributed by atoms with E-state index >= 15 is 0 Å². The van der Waals surface area contributed by atoms with Crippen molar-refractivity contribution in [1.29, 1.82) is 0 Å². The minimum atomic E-state index is -6.14. The van der Waals surface area contributed by atoms with Crippen LogP contribution in [0.2, 0.25) is 75.5 Å². The number of rotatable bonds is 25. The number of Topliss-reactive ketones (excluding diaryl/α,β-unsaturated/α-hetero) is 1. The van der Waals surface area contributed by atoms with Crippen molar-refractivity contribution in [3.8, 4) is 23.7 Å². The van der Waals surface area contributed by atoms with E-state index in [-0.39, 0.29) is 83.8 Å². The highest BCUT2D eigenvalue weighted by Gasteiger charge is 2.74. The lowest BCUT2D eigenvalue weighted by Gasteiger charge is -2.49. The van der Waals surface area contributed by atoms with E-state index in [4.69, 9.17) is 34.2 Å². The first-order valence-corrected chi connectivity index (χ1v) is 57.4. The van der Waals surface area contributed by atoms with Gasteiger partial charge in [-0.25, -0.2) is 0 Å². The van der Waals surface area contributed by atoms with Crippen LogP contribution in [-0.4, -0.2) is 137 Å². The molecule has 0 saturated heterocycles. The van der Waals surface area contributed by atoms with Gasteiger partial charge < -0.3 is 42.7 Å². The minimum Gasteiger partial charge on any atom is -0.414 e. The van der Waals surface area contributed by atoms with Crippen molar-refractivity contribution in [1.82, 2.24) is 0 Å². The highest BCUT2D eigenvalue weighted by molar-refractivity contribution is 7.78. The van der Waals surface area contributed by atoms with Gasteiger partial charge in [0.15, 0.2) is 33.3 Å². The number of carbonyl (C=O) groups is 1. The first-order valence-electron chi connectivity index (χ1n) is 48.9. The number of fused-ring (bicyclic) bond motifs is 2. The molecule has 688 valence electrons. The lowest BCUT2D eigenvalue weighted by atomic mass is 9.55. The number of hydrogen-bond acceptors (Lipinski definition) is 10. The van der Waals surface area contributed by atoms with Gasteiger partial charge in [0.2, 0.25) is 0 Å². The third-order valence-electron chi connectivity index (χ3n) is 27.2. The van der Waals surface area contributed by atoms with Crippen LogP contribution in [0.1, 0.15) is 267 Å². The molecular weight excluding hydrogens is 1660 g/mol. The van der Waals surface area contributed by atoms with Gasteiger partial charge in [0, 0.05) is 58.4 Å². The standard InChI is InChI=1S/C32H46F6O4.C32H51O3PSi2.C30H50F6O3Si2/c1-27(2,41)13-6-14-28(3,15-7-17-30(42,31(33,34)35)32(36,37)38)26-12-11-25-22(8-5-16-29(25,26)4)10-9-21-18-23(39)20-24(40)19-21;1-31(2,3)37(7,8)34-27-23-26(24-28(25-27)35-38(9,10)32(4,5)6)21-22-36(33,29-17-13-11-14-18-29)30-19-15-12-16-20-30;1-25(2,38-40(5,6)7)17-12-18-26(3,24-16-15-22-23(37)14-11-20-27(22,24)4)19-13-21-28(29(31,32)33,30(34,35)36)39-41(8,9)10/h9-10,23-26,39-42H,5-6,8,11-16,18-20H2,1-4H3;11-21,27-28H,22-25H2,1-10H3;22,24H,11-12,14-20H2,1-10H3/b22-10+;;/t23-,24-,25?,26-,28-,29+;27-,28-;22?,24-,26-,27+/m111/s1/i1D3,2D3;;1D3,2D3. The normalized spacial score (nSPS) is 28.1. The Kier molecular flexibility index (Phi) is 28.7. The lowest BCUT2D eigenvalue weighted by molar-refractivity contribution is -0.343. The second kappa shape index (κ2) is 39.4. The molecule has 0 bridgehead atoms. The molecule has 0 radical (unpaired) electrons. The average Bonchev–Trinajstić information content (AvgIpc) is 1.41. The van der Waals surface area contributed by atoms with E-state index in [1.54, 1.807) is 33.5 Å². The maximum Gasteiger partial charge on any atom is 0.438 e. The predicted molar refractivity (Wildman–Crippen MR) is 474 cm³/mol. The molecule has 0 aliphatic heterocycles. The van der Waals surface area contributed by atoms with Gasteiger partial charge in [-0.3, -0.25) is 4.79 Å². The van der Waals surface area contributed by atoms with Gasteiger partial charge >= 0.3 is 35.9 Å². The van der Waals surface area contributed by atoms with Crippen molar-refractivity contribution in [3.05, 3.63) is 95.6 Å². The van der Waals surface area contributed by atoms with E-state index in [0.717, 1.165) is 59.8 Å². The van der Waals surface area contributed by atoms with Crippen molar-refractivity contribution in [2.45, 2.75) is 398 Å². The summed E-state index contributed by atoms with van der Waals surface area (Å²) in [4.78, 5) is 12.9. The number of alkyl halides is 12. The first kappa shape index (κ1) is 88.0. The molecule has 2 aromatic rings. The van der Waals surface area contributed by atoms with Crippen molar-refractivity contribution >= 4 is 56.8 Å². The summed E-state index contributed by atoms with van der Waals surface area (Å²) >= 11 is 0. The first-order chi connectivity index (χ1) is 59.7. The zero-order chi connectivity index (χ0) is 102. The Morgan fingerprint density at radius 1 is 0.529 bits per heavy atom. The molecule has 6 aliphatic carbocycles. The summed E-state index contributed by atoms with van der Waals surface area (Å²) in [5, 5.41) is 42.7. The van der Waals surface area contributed by atoms with Gasteiger partial charge in [0.25, 0.3) is 0 Å². The third kappa shape index (κ3) is 27.5. The second-order valence-corrected chi connectivity index (χ2v) is 62.9. The Balaban J connectivity index is 0.000000309. The molecule has 2 unspecified atom stereocenters. The van der Waals surface area contributed by atoms with Gasteiger partial charge in [-0.05, 0) is 276 Å². The van der Waals surface area contributed by atoms with E-state index in [1.807, 2.05) is 92.6 Å². The van der Waals surface area contributed by atoms with Gasteiger partial charge in [-0.2, -0.15) is 52.7 Å². The van der Waals surface area contributed by atoms with E-state index in [0.29, 0.717) is 70.4 Å². The fourth-order valence-electron chi connectivity index (χ4n) is 19.4. The van der Waals surface area contributed by atoms with Crippen molar-refractivity contribution in [2.75, 3.05) is 6.16 Å². The van der Waals surface area contributed by atoms with E-state index in [9.17, 15) is 82.5 Å². The van der Waals surface area contributed by atoms with Gasteiger partial charge in [0.1, 0.15) is 12.9 Å². The van der Waals surface area contributed by atoms with Crippen LogP contribution < -0.4 is 10.6 Å². The summed E-state index contributed by atoms with van der Waals surface area (Å²) in [6.45, 7) is 26.3. The number of aliphatic hydroxyl groups is 4. The molecule has 6 fully saturated rings. The summed E-state index contributed by atoms with van der Waals surface area (Å²) in [6, 6.07) is 20.0. The fourth-order valence-corrected chi connectivity index (χ4v) is 27.0. The van der Waals surface area contributed by atoms with Gasteiger partial charge in [0.05, 0.1) is 35.6 Å². The Hall–Kier alpha value is -3.61. The van der Waals surface area contributed by atoms with Crippen LogP contribution in [-0.2, 0) is 27.1 Å². The number of hydrogen-bond donors (Lipinski definition) is 4. The fraction of sp³-hybridized carbons (Fsp3) is 0.755. The quantitative estimate of drug-likeness (QED) is 0.0249. The van der Waals surface area contributed by atoms with Gasteiger partial charge in [-0.1, -0.05) is 190 Å². The van der Waals surface area contributed by atoms with Crippen LogP contribution in [0, 0.1) is 69.0 Å². The third-order valence-corrected chi connectivity index (χ3v) is 41.2. The molecule has 27 heteroatoms. The molecule has 4 N–H and O–H groups in total. The van der Waals surface area contributed by atoms with Crippen molar-refractivity contribution < 1.29 is 117 Å². The van der Waals surface area contributed by atoms with Crippen LogP contribution >= 0.6 is 7.14 Å². The molecule has 10 nitrogen and oxygen atoms in total. The summed E-state index contributed by atoms with van der Waals surface area (Å²) in [5.74, 6) is 5.69. The maximum atomic E-state index is 14.6. The predicted octanol–water partition coefficient (Wildman–Crippen LogP) is 25.7. The number of ketones is 1. The molecule has 0 heterocycles. The van der Waals surface area contributed by atoms with Crippen LogP contribution in [0.4, 0.5) is 52.7 Å². The molecule has 0 aromatic heterocycles. The van der Waals surface area contributed by atoms with Crippen molar-refractivity contribution in [3.63, 3.8) is 0 Å². The topological polar surface area (TPSA) is 152 Å². The van der Waals surface area contributed by atoms with Crippen LogP contribution in [0.25, 0.3) is 0 Å². The number of halogens is 12. The monoisotopic (exact) mass is 1820 g/mol. The second-order valence-electron chi connectivity index (χ2n) is 41.6. The maximum absolute atomic E-state index is 14.6. The highest BCUT2D eigenvalue weighted by atomic mass is 31.2. The van der Waals surface area contributed by atoms with E-state index in [1.165, 1.54) is 31.1 Å². The Labute approximate surface area is 738 Å². The number of allylic oxidation sites excluding steroid dienone is 4. The summed E-state index contributed by atoms with van der Waals surface area (Å²) < 4.78 is 301. The molecular formula is C94H147F12O10PSi4. The van der Waals surface area contributed by atoms with Crippen LogP contribution in [0.3, 0.4) is 0 Å². The van der Waals surface area contributed by atoms with Crippen molar-refractivity contribution in [2.24, 2.45) is 45.3 Å². The SMILES string of the molecule is CC(C)(C)[Si](C)(C)O[C@@H]1CC(=CCP(=O)(c2ccccc2)c2ccccc2)C[C@@H](O[Si](C)(C)C(C)(C)C)C1.[2H]C([2H])([2H])C(CCC[C@](C)(CC#CC(O[Si](C)(C)C)(C(F)(F)F)C(F)(F)F)[C@H]1CCC2C(=O)CCC[C@@]21C)(O[Si](C)(C)C)C([2H])([2H])[2H].[2H]C([2H])([2H])C(O)(CCC[C@](C)(CC#CC(O)(C(F)(F)F)C(F)(F)F)[C@H]1CCC2/C(=C/C=C3C[C@@H](O)C[C@H](O)C3)CCC[C@@]21C)C([2H])([2H])[2H]. The molecule has 2 aromatic carbocycles. The highest BCUT2D eigenvalue weighted by Crippen LogP contribution is 2.65. The zero-order valence-electron chi connectivity index (χ0n) is 87.0. The van der Waals surface area contributed by atoms with Crippen LogP contribution in [0.15, 0.2) is 95.6 Å². The zero-order valence-corrected chi connectivity index (χ0v) is 79.9. The molecule has 6 aliphatic rings. The van der Waals surface area contributed by atoms with E-state index < -0.39 is 174 Å². The summed E-state index contributed by atoms with van der Waals surface area (Å²) in [5.41, 5.74) is -15.7. The molecule has 121 heavy (non-hydrogen) atoms. The summed E-state index contributed by atoms with van der Waals surface area (Å²) in [7, 11) is -12.9. The van der Waals surface area contributed by atoms with E-state index in [2.05, 4.69) is 79.7 Å². The minimum absolute atomic E-state index is 0.0252. The average molecular weight is 1820 g/mol. The van der Waals surface area contributed by atoms with Crippen LogP contribution in [0.5, 0.6) is 0 Å². The molecule has 8 rings (SSSR count). The molecule has 6 saturated carbocycles. The molecule has 0 amide bonds. The molecule has 0 spiro atoms. The molecule has 12 atom stereocenters.